The van der Waals surface area contributed by atoms with Crippen LogP contribution in [0.15, 0.2) is 42.5 Å². The first-order valence-corrected chi connectivity index (χ1v) is 10.6. The molecular weight excluding hydrogens is 380 g/mol. The molecule has 0 radical (unpaired) electrons. The summed E-state index contributed by atoms with van der Waals surface area (Å²) in [6, 6.07) is 14.7. The molecule has 166 valence electrons. The molecule has 1 amide bonds. The molecule has 0 N–H and O–H groups in total. The number of amides is 1. The summed E-state index contributed by atoms with van der Waals surface area (Å²) >= 11 is 0. The van der Waals surface area contributed by atoms with E-state index in [4.69, 9.17) is 14.2 Å². The molecular formula is C24H36N2O4. The lowest BCUT2D eigenvalue weighted by atomic mass is 10.0. The molecule has 2 rings (SSSR count). The van der Waals surface area contributed by atoms with Crippen molar-refractivity contribution in [1.29, 1.82) is 0 Å². The van der Waals surface area contributed by atoms with Crippen molar-refractivity contribution in [3.63, 3.8) is 0 Å². The molecule has 0 saturated carbocycles. The van der Waals surface area contributed by atoms with Gasteiger partial charge >= 0.3 is 0 Å². The maximum absolute atomic E-state index is 12.7. The highest BCUT2D eigenvalue weighted by Crippen LogP contribution is 2.18. The quantitative estimate of drug-likeness (QED) is 0.350. The third kappa shape index (κ3) is 7.69. The third-order valence-electron chi connectivity index (χ3n) is 5.40. The Morgan fingerprint density at radius 3 is 2.47 bits per heavy atom. The monoisotopic (exact) mass is 416 g/mol. The first kappa shape index (κ1) is 24.3. The van der Waals surface area contributed by atoms with E-state index in [1.54, 1.807) is 19.1 Å². The van der Waals surface area contributed by atoms with Crippen LogP contribution in [-0.2, 0) is 25.4 Å². The van der Waals surface area contributed by atoms with Gasteiger partial charge < -0.3 is 24.0 Å². The summed E-state index contributed by atoms with van der Waals surface area (Å²) in [5.41, 5.74) is 1.27. The summed E-state index contributed by atoms with van der Waals surface area (Å²) in [5, 5.41) is 2.50. The molecule has 0 spiro atoms. The topological polar surface area (TPSA) is 51.2 Å². The highest BCUT2D eigenvalue weighted by Gasteiger charge is 2.18. The number of ether oxygens (including phenoxy) is 3. The van der Waals surface area contributed by atoms with Gasteiger partial charge in [-0.15, -0.1) is 0 Å². The summed E-state index contributed by atoms with van der Waals surface area (Å²) < 4.78 is 16.4. The Kier molecular flexibility index (Phi) is 10.8. The average molecular weight is 417 g/mol. The zero-order valence-electron chi connectivity index (χ0n) is 18.8. The SMILES string of the molecule is CCN(C)CCN(CC(OC)OC)C(=O)CCOCCc1cccc2ccccc12. The van der Waals surface area contributed by atoms with Crippen molar-refractivity contribution in [1.82, 2.24) is 9.80 Å². The number of methoxy groups -OCH3 is 2. The summed E-state index contributed by atoms with van der Waals surface area (Å²) in [6.45, 7) is 5.92. The molecule has 6 heteroatoms. The minimum Gasteiger partial charge on any atom is -0.381 e. The van der Waals surface area contributed by atoms with E-state index in [9.17, 15) is 4.79 Å². The average Bonchev–Trinajstić information content (AvgIpc) is 2.78. The predicted octanol–water partition coefficient (Wildman–Crippen LogP) is 3.19. The lowest BCUT2D eigenvalue weighted by molar-refractivity contribution is -0.146. The van der Waals surface area contributed by atoms with Crippen LogP contribution in [-0.4, -0.2) is 82.7 Å². The maximum Gasteiger partial charge on any atom is 0.225 e. The summed E-state index contributed by atoms with van der Waals surface area (Å²) in [7, 11) is 5.22. The van der Waals surface area contributed by atoms with Crippen LogP contribution in [0, 0.1) is 0 Å². The largest absolute Gasteiger partial charge is 0.381 e. The van der Waals surface area contributed by atoms with Crippen molar-refractivity contribution in [2.24, 2.45) is 0 Å². The second-order valence-corrected chi connectivity index (χ2v) is 7.39. The molecule has 2 aromatic carbocycles. The van der Waals surface area contributed by atoms with Gasteiger partial charge in [-0.05, 0) is 36.3 Å². The van der Waals surface area contributed by atoms with Crippen molar-refractivity contribution in [2.45, 2.75) is 26.1 Å². The number of likely N-dealkylation sites (N-methyl/N-ethyl adjacent to an activating group) is 1. The lowest BCUT2D eigenvalue weighted by Crippen LogP contribution is -2.43. The van der Waals surface area contributed by atoms with Gasteiger partial charge in [-0.3, -0.25) is 4.79 Å². The van der Waals surface area contributed by atoms with Crippen molar-refractivity contribution in [2.75, 3.05) is 60.7 Å². The molecule has 0 heterocycles. The van der Waals surface area contributed by atoms with Crippen molar-refractivity contribution in [3.05, 3.63) is 48.0 Å². The smallest absolute Gasteiger partial charge is 0.225 e. The van der Waals surface area contributed by atoms with Gasteiger partial charge in [0.25, 0.3) is 0 Å². The van der Waals surface area contributed by atoms with Crippen LogP contribution in [0.5, 0.6) is 0 Å². The predicted molar refractivity (Wildman–Crippen MR) is 121 cm³/mol. The molecule has 0 fully saturated rings. The number of hydrogen-bond donors (Lipinski definition) is 0. The first-order chi connectivity index (χ1) is 14.6. The number of carbonyl (C=O) groups excluding carboxylic acids is 1. The van der Waals surface area contributed by atoms with Crippen LogP contribution in [0.3, 0.4) is 0 Å². The van der Waals surface area contributed by atoms with Crippen LogP contribution in [0.1, 0.15) is 18.9 Å². The minimum absolute atomic E-state index is 0.0590. The van der Waals surface area contributed by atoms with E-state index >= 15 is 0 Å². The normalized spacial score (nSPS) is 11.5. The Labute approximate surface area is 180 Å². The Morgan fingerprint density at radius 2 is 1.73 bits per heavy atom. The number of fused-ring (bicyclic) bond motifs is 1. The van der Waals surface area contributed by atoms with Gasteiger partial charge in [-0.1, -0.05) is 49.4 Å². The van der Waals surface area contributed by atoms with Crippen molar-refractivity contribution >= 4 is 16.7 Å². The second-order valence-electron chi connectivity index (χ2n) is 7.39. The van der Waals surface area contributed by atoms with Crippen LogP contribution >= 0.6 is 0 Å². The van der Waals surface area contributed by atoms with E-state index in [1.807, 2.05) is 7.05 Å². The van der Waals surface area contributed by atoms with E-state index in [1.165, 1.54) is 16.3 Å². The Morgan fingerprint density at radius 1 is 1.00 bits per heavy atom. The van der Waals surface area contributed by atoms with Crippen LogP contribution in [0.25, 0.3) is 10.8 Å². The van der Waals surface area contributed by atoms with Crippen LogP contribution in [0.2, 0.25) is 0 Å². The Hall–Kier alpha value is -1.99. The van der Waals surface area contributed by atoms with Crippen molar-refractivity contribution < 1.29 is 19.0 Å². The van der Waals surface area contributed by atoms with Gasteiger partial charge in [0.2, 0.25) is 5.91 Å². The Balaban J connectivity index is 1.80. The van der Waals surface area contributed by atoms with E-state index in [2.05, 4.69) is 54.3 Å². The fourth-order valence-electron chi connectivity index (χ4n) is 3.30. The molecule has 0 aromatic heterocycles. The lowest BCUT2D eigenvalue weighted by Gasteiger charge is -2.28. The van der Waals surface area contributed by atoms with Gasteiger partial charge in [-0.2, -0.15) is 0 Å². The van der Waals surface area contributed by atoms with E-state index < -0.39 is 6.29 Å². The summed E-state index contributed by atoms with van der Waals surface area (Å²) in [4.78, 5) is 16.7. The molecule has 0 aliphatic carbocycles. The van der Waals surface area contributed by atoms with Crippen molar-refractivity contribution in [3.8, 4) is 0 Å². The minimum atomic E-state index is -0.423. The first-order valence-electron chi connectivity index (χ1n) is 10.6. The number of benzene rings is 2. The molecule has 0 saturated heterocycles. The molecule has 0 aliphatic heterocycles. The third-order valence-corrected chi connectivity index (χ3v) is 5.40. The van der Waals surface area contributed by atoms with Gasteiger partial charge in [-0.25, -0.2) is 0 Å². The molecule has 2 aromatic rings. The fourth-order valence-corrected chi connectivity index (χ4v) is 3.30. The summed E-state index contributed by atoms with van der Waals surface area (Å²) in [5.74, 6) is 0.0590. The molecule has 0 atom stereocenters. The van der Waals surface area contributed by atoms with E-state index in [0.29, 0.717) is 32.7 Å². The fraction of sp³-hybridized carbons (Fsp3) is 0.542. The number of hydrogen-bond acceptors (Lipinski definition) is 5. The van der Waals surface area contributed by atoms with Gasteiger partial charge in [0.15, 0.2) is 6.29 Å². The van der Waals surface area contributed by atoms with E-state index in [-0.39, 0.29) is 5.91 Å². The van der Waals surface area contributed by atoms with Crippen LogP contribution in [0.4, 0.5) is 0 Å². The molecule has 30 heavy (non-hydrogen) atoms. The van der Waals surface area contributed by atoms with Gasteiger partial charge in [0.05, 0.1) is 26.2 Å². The highest BCUT2D eigenvalue weighted by molar-refractivity contribution is 5.85. The van der Waals surface area contributed by atoms with E-state index in [0.717, 1.165) is 19.5 Å². The zero-order chi connectivity index (χ0) is 21.8. The standard InChI is InChI=1S/C24H36N2O4/c1-5-25(2)15-16-26(19-24(28-3)29-4)23(27)14-18-30-17-13-21-11-8-10-20-9-6-7-12-22(20)21/h6-12,24H,5,13-19H2,1-4H3. The zero-order valence-corrected chi connectivity index (χ0v) is 18.8. The molecule has 0 unspecified atom stereocenters. The summed E-state index contributed by atoms with van der Waals surface area (Å²) in [6.07, 6.45) is 0.759. The molecule has 0 aliphatic rings. The number of nitrogens with zero attached hydrogens (tertiary/aromatic N) is 2. The maximum atomic E-state index is 12.7. The highest BCUT2D eigenvalue weighted by atomic mass is 16.7. The second kappa shape index (κ2) is 13.3. The Bertz CT molecular complexity index is 758. The number of carbonyl (C=O) groups is 1. The molecule has 6 nitrogen and oxygen atoms in total. The van der Waals surface area contributed by atoms with Gasteiger partial charge in [0.1, 0.15) is 0 Å². The van der Waals surface area contributed by atoms with Crippen LogP contribution < -0.4 is 0 Å². The van der Waals surface area contributed by atoms with Gasteiger partial charge in [0, 0.05) is 27.3 Å². The number of rotatable bonds is 14. The molecule has 0 bridgehead atoms.